The van der Waals surface area contributed by atoms with Crippen molar-refractivity contribution in [2.45, 2.75) is 52.4 Å². The summed E-state index contributed by atoms with van der Waals surface area (Å²) in [5, 5.41) is 2.80. The normalized spacial score (nSPS) is 23.2. The Kier molecular flexibility index (Phi) is 6.74. The molecule has 1 saturated carbocycles. The van der Waals surface area contributed by atoms with E-state index >= 15 is 0 Å². The number of nitrogens with zero attached hydrogens (tertiary/aromatic N) is 3. The second-order valence-corrected chi connectivity index (χ2v) is 9.26. The Balaban J connectivity index is 1.41. The highest BCUT2D eigenvalue weighted by Crippen LogP contribution is 2.33. The highest BCUT2D eigenvalue weighted by molar-refractivity contribution is 6.04. The van der Waals surface area contributed by atoms with Crippen molar-refractivity contribution in [3.8, 4) is 0 Å². The molecule has 1 aromatic heterocycles. The Morgan fingerprint density at radius 2 is 1.94 bits per heavy atom. The summed E-state index contributed by atoms with van der Waals surface area (Å²) in [6.45, 7) is 8.11. The van der Waals surface area contributed by atoms with E-state index in [1.54, 1.807) is 12.1 Å². The van der Waals surface area contributed by atoms with E-state index in [1.807, 2.05) is 25.7 Å². The Hall–Kier alpha value is -2.87. The van der Waals surface area contributed by atoms with E-state index in [0.29, 0.717) is 50.3 Å². The lowest BCUT2D eigenvalue weighted by Crippen LogP contribution is -2.56. The fraction of sp³-hybridized carbons (Fsp3) is 0.480. The molecule has 176 valence electrons. The van der Waals surface area contributed by atoms with Crippen molar-refractivity contribution in [3.05, 3.63) is 58.7 Å². The van der Waals surface area contributed by atoms with Crippen molar-refractivity contribution in [1.29, 1.82) is 0 Å². The van der Waals surface area contributed by atoms with Crippen molar-refractivity contribution in [2.75, 3.05) is 25.0 Å². The number of anilines is 1. The largest absolute Gasteiger partial charge is 0.337 e. The summed E-state index contributed by atoms with van der Waals surface area (Å²) in [6, 6.07) is 6.27. The number of pyridine rings is 1. The average molecular weight is 457 g/mol. The van der Waals surface area contributed by atoms with Gasteiger partial charge in [-0.25, -0.2) is 8.78 Å². The summed E-state index contributed by atoms with van der Waals surface area (Å²) in [6.07, 6.45) is 1.33. The van der Waals surface area contributed by atoms with Gasteiger partial charge in [-0.1, -0.05) is 0 Å². The number of halogens is 2. The van der Waals surface area contributed by atoms with Crippen LogP contribution in [0.25, 0.3) is 0 Å². The highest BCUT2D eigenvalue weighted by atomic mass is 19.1. The van der Waals surface area contributed by atoms with E-state index in [4.69, 9.17) is 0 Å². The zero-order valence-corrected chi connectivity index (χ0v) is 19.3. The van der Waals surface area contributed by atoms with Crippen molar-refractivity contribution in [1.82, 2.24) is 14.8 Å². The standard InChI is InChI=1S/C25H30F2N4O2/c1-15-4-5-18(12-28-15)24(32)29-23-11-22(27)10-20(17(23)3)14-30-6-7-31(16(2)13-30)25(33)19-8-21(26)9-19/h4-5,10-12,16,19,21H,6-9,13-14H2,1-3H3,(H,29,32)/t16-,19?,21?/m0/s1. The van der Waals surface area contributed by atoms with E-state index in [1.165, 1.54) is 18.3 Å². The van der Waals surface area contributed by atoms with Crippen LogP contribution in [0.5, 0.6) is 0 Å². The van der Waals surface area contributed by atoms with Crippen LogP contribution in [0.15, 0.2) is 30.5 Å². The fourth-order valence-electron chi connectivity index (χ4n) is 4.56. The van der Waals surface area contributed by atoms with Crippen molar-refractivity contribution in [3.63, 3.8) is 0 Å². The molecule has 2 fully saturated rings. The number of rotatable bonds is 5. The maximum Gasteiger partial charge on any atom is 0.257 e. The summed E-state index contributed by atoms with van der Waals surface area (Å²) in [5.74, 6) is -0.891. The molecule has 1 atom stereocenters. The number of carbonyl (C=O) groups excluding carboxylic acids is 2. The van der Waals surface area contributed by atoms with Gasteiger partial charge >= 0.3 is 0 Å². The lowest BCUT2D eigenvalue weighted by atomic mass is 9.82. The number of amides is 2. The highest BCUT2D eigenvalue weighted by Gasteiger charge is 2.39. The van der Waals surface area contributed by atoms with Gasteiger partial charge in [-0.2, -0.15) is 0 Å². The first kappa shape index (κ1) is 23.3. The van der Waals surface area contributed by atoms with Crippen molar-refractivity contribution >= 4 is 17.5 Å². The quantitative estimate of drug-likeness (QED) is 0.742. The number of alkyl halides is 1. The second-order valence-electron chi connectivity index (χ2n) is 9.26. The van der Waals surface area contributed by atoms with Crippen molar-refractivity contribution < 1.29 is 18.4 Å². The zero-order valence-electron chi connectivity index (χ0n) is 19.3. The third kappa shape index (κ3) is 5.21. The van der Waals surface area contributed by atoms with Gasteiger partial charge in [0.1, 0.15) is 12.0 Å². The first-order valence-electron chi connectivity index (χ1n) is 11.4. The molecule has 1 aliphatic heterocycles. The van der Waals surface area contributed by atoms with Crippen LogP contribution in [0.1, 0.15) is 46.9 Å². The predicted molar refractivity (Wildman–Crippen MR) is 122 cm³/mol. The molecule has 2 heterocycles. The number of piperazine rings is 1. The number of benzene rings is 1. The molecule has 1 aromatic carbocycles. The topological polar surface area (TPSA) is 65.5 Å². The maximum atomic E-state index is 14.4. The monoisotopic (exact) mass is 456 g/mol. The molecule has 0 unspecified atom stereocenters. The molecule has 0 radical (unpaired) electrons. The average Bonchev–Trinajstić information content (AvgIpc) is 2.75. The molecule has 2 aromatic rings. The van der Waals surface area contributed by atoms with Gasteiger partial charge in [0, 0.05) is 55.7 Å². The SMILES string of the molecule is Cc1ccc(C(=O)Nc2cc(F)cc(CN3CCN(C(=O)C4CC(F)C4)[C@@H](C)C3)c2C)cn1. The Bertz CT molecular complexity index is 1040. The second kappa shape index (κ2) is 9.55. The minimum Gasteiger partial charge on any atom is -0.337 e. The van der Waals surface area contributed by atoms with Gasteiger partial charge in [-0.05, 0) is 69.0 Å². The molecule has 8 heteroatoms. The summed E-state index contributed by atoms with van der Waals surface area (Å²) < 4.78 is 27.6. The molecular weight excluding hydrogens is 426 g/mol. The number of aryl methyl sites for hydroxylation is 1. The van der Waals surface area contributed by atoms with E-state index in [2.05, 4.69) is 15.2 Å². The number of hydrogen-bond acceptors (Lipinski definition) is 4. The van der Waals surface area contributed by atoms with Gasteiger partial charge in [0.25, 0.3) is 5.91 Å². The molecule has 0 bridgehead atoms. The van der Waals surface area contributed by atoms with E-state index in [-0.39, 0.29) is 23.8 Å². The Labute approximate surface area is 193 Å². The number of hydrogen-bond donors (Lipinski definition) is 1. The molecule has 1 aliphatic carbocycles. The van der Waals surface area contributed by atoms with Gasteiger partial charge in [-0.3, -0.25) is 19.5 Å². The minimum absolute atomic E-state index is 0.00647. The molecule has 1 N–H and O–H groups in total. The van der Waals surface area contributed by atoms with Gasteiger partial charge in [0.15, 0.2) is 0 Å². The van der Waals surface area contributed by atoms with Crippen LogP contribution in [-0.2, 0) is 11.3 Å². The van der Waals surface area contributed by atoms with Crippen LogP contribution in [0.4, 0.5) is 14.5 Å². The first-order chi connectivity index (χ1) is 15.7. The van der Waals surface area contributed by atoms with E-state index in [9.17, 15) is 18.4 Å². The molecule has 4 rings (SSSR count). The molecule has 1 saturated heterocycles. The Morgan fingerprint density at radius 1 is 1.18 bits per heavy atom. The number of carbonyl (C=O) groups is 2. The van der Waals surface area contributed by atoms with Gasteiger partial charge in [0.2, 0.25) is 5.91 Å². The van der Waals surface area contributed by atoms with Crippen LogP contribution < -0.4 is 5.32 Å². The molecular formula is C25H30F2N4O2. The lowest BCUT2D eigenvalue weighted by molar-refractivity contribution is -0.145. The van der Waals surface area contributed by atoms with E-state index in [0.717, 1.165) is 16.8 Å². The van der Waals surface area contributed by atoms with Crippen LogP contribution in [0.2, 0.25) is 0 Å². The summed E-state index contributed by atoms with van der Waals surface area (Å²) in [4.78, 5) is 33.4. The van der Waals surface area contributed by atoms with Crippen molar-refractivity contribution in [2.24, 2.45) is 5.92 Å². The summed E-state index contributed by atoms with van der Waals surface area (Å²) in [5.41, 5.74) is 3.25. The third-order valence-corrected chi connectivity index (χ3v) is 6.72. The molecule has 6 nitrogen and oxygen atoms in total. The number of nitrogens with one attached hydrogen (secondary N) is 1. The minimum atomic E-state index is -0.844. The molecule has 2 aliphatic rings. The van der Waals surface area contributed by atoms with Crippen LogP contribution in [0.3, 0.4) is 0 Å². The Morgan fingerprint density at radius 3 is 2.58 bits per heavy atom. The smallest absolute Gasteiger partial charge is 0.257 e. The van der Waals surface area contributed by atoms with Gasteiger partial charge < -0.3 is 10.2 Å². The van der Waals surface area contributed by atoms with E-state index < -0.39 is 12.0 Å². The molecule has 0 spiro atoms. The molecule has 2 amide bonds. The van der Waals surface area contributed by atoms with Gasteiger partial charge in [0.05, 0.1) is 5.56 Å². The summed E-state index contributed by atoms with van der Waals surface area (Å²) >= 11 is 0. The van der Waals surface area contributed by atoms with Crippen LogP contribution >= 0.6 is 0 Å². The van der Waals surface area contributed by atoms with Gasteiger partial charge in [-0.15, -0.1) is 0 Å². The fourth-order valence-corrected chi connectivity index (χ4v) is 4.56. The maximum absolute atomic E-state index is 14.4. The lowest BCUT2D eigenvalue weighted by Gasteiger charge is -2.43. The molecule has 33 heavy (non-hydrogen) atoms. The van der Waals surface area contributed by atoms with Crippen LogP contribution in [-0.4, -0.2) is 58.4 Å². The number of aromatic nitrogens is 1. The zero-order chi connectivity index (χ0) is 23.7. The third-order valence-electron chi connectivity index (χ3n) is 6.72. The predicted octanol–water partition coefficient (Wildman–Crippen LogP) is 3.87. The first-order valence-corrected chi connectivity index (χ1v) is 11.4. The van der Waals surface area contributed by atoms with Crippen LogP contribution in [0, 0.1) is 25.6 Å². The summed E-state index contributed by atoms with van der Waals surface area (Å²) in [7, 11) is 0.